The normalized spacial score (nSPS) is 58.8. The zero-order valence-corrected chi connectivity index (χ0v) is 8.26. The molecule has 4 rings (SSSR count). The van der Waals surface area contributed by atoms with Gasteiger partial charge in [0.05, 0.1) is 11.7 Å². The van der Waals surface area contributed by atoms with E-state index in [9.17, 15) is 0 Å². The summed E-state index contributed by atoms with van der Waals surface area (Å²) >= 11 is 0. The van der Waals surface area contributed by atoms with E-state index in [1.54, 1.807) is 0 Å². The molecule has 0 spiro atoms. The molecular weight excluding hydrogens is 148 g/mol. The summed E-state index contributed by atoms with van der Waals surface area (Å²) in [5.74, 6) is 1.84. The molecule has 1 nitrogen and oxygen atoms in total. The Morgan fingerprint density at radius 1 is 1.33 bits per heavy atom. The molecule has 1 saturated heterocycles. The van der Waals surface area contributed by atoms with E-state index < -0.39 is 0 Å². The van der Waals surface area contributed by atoms with Crippen LogP contribution in [0.3, 0.4) is 0 Å². The third kappa shape index (κ3) is 0.555. The van der Waals surface area contributed by atoms with Crippen LogP contribution in [0.2, 0.25) is 0 Å². The van der Waals surface area contributed by atoms with Gasteiger partial charge in [-0.15, -0.1) is 0 Å². The summed E-state index contributed by atoms with van der Waals surface area (Å²) in [5, 5.41) is 0. The Balaban J connectivity index is 1.94. The monoisotopic (exact) mass is 166 g/mol. The Bertz CT molecular complexity index is 233. The molecular formula is C11H18O. The predicted octanol–water partition coefficient (Wildman–Crippen LogP) is 2.60. The number of rotatable bonds is 1. The topological polar surface area (TPSA) is 12.5 Å². The highest BCUT2D eigenvalue weighted by molar-refractivity contribution is 5.21. The van der Waals surface area contributed by atoms with E-state index in [0.29, 0.717) is 17.1 Å². The molecule has 3 saturated carbocycles. The smallest absolute Gasteiger partial charge is 0.0979 e. The van der Waals surface area contributed by atoms with Gasteiger partial charge in [-0.25, -0.2) is 0 Å². The quantitative estimate of drug-likeness (QED) is 0.545. The van der Waals surface area contributed by atoms with E-state index in [0.717, 1.165) is 11.8 Å². The van der Waals surface area contributed by atoms with Crippen LogP contribution in [0.25, 0.3) is 0 Å². The van der Waals surface area contributed by atoms with E-state index in [4.69, 9.17) is 4.74 Å². The highest BCUT2D eigenvalue weighted by Gasteiger charge is 2.73. The fourth-order valence-corrected chi connectivity index (χ4v) is 3.85. The Kier molecular flexibility index (Phi) is 1.07. The van der Waals surface area contributed by atoms with E-state index in [2.05, 4.69) is 20.8 Å². The van der Waals surface area contributed by atoms with Crippen LogP contribution in [-0.4, -0.2) is 11.7 Å². The van der Waals surface area contributed by atoms with Gasteiger partial charge in [-0.2, -0.15) is 0 Å². The predicted molar refractivity (Wildman–Crippen MR) is 47.9 cm³/mol. The molecule has 0 aromatic carbocycles. The first-order chi connectivity index (χ1) is 5.61. The van der Waals surface area contributed by atoms with Gasteiger partial charge in [0.25, 0.3) is 0 Å². The van der Waals surface area contributed by atoms with Crippen LogP contribution >= 0.6 is 0 Å². The van der Waals surface area contributed by atoms with Crippen molar-refractivity contribution in [1.82, 2.24) is 0 Å². The minimum absolute atomic E-state index is 0.345. The molecule has 1 heteroatoms. The first-order valence-electron chi connectivity index (χ1n) is 5.29. The van der Waals surface area contributed by atoms with Crippen molar-refractivity contribution in [3.63, 3.8) is 0 Å². The van der Waals surface area contributed by atoms with Crippen LogP contribution in [-0.2, 0) is 4.74 Å². The molecule has 0 radical (unpaired) electrons. The minimum atomic E-state index is 0.345. The van der Waals surface area contributed by atoms with Gasteiger partial charge in [0.2, 0.25) is 0 Å². The highest BCUT2D eigenvalue weighted by atomic mass is 16.6. The van der Waals surface area contributed by atoms with Crippen LogP contribution in [0, 0.1) is 17.3 Å². The highest BCUT2D eigenvalue weighted by Crippen LogP contribution is 2.71. The number of ether oxygens (including phenoxy) is 1. The molecule has 4 aliphatic rings. The maximum Gasteiger partial charge on any atom is 0.0979 e. The lowest BCUT2D eigenvalue weighted by Gasteiger charge is -2.58. The van der Waals surface area contributed by atoms with E-state index in [1.807, 2.05) is 0 Å². The van der Waals surface area contributed by atoms with Crippen LogP contribution in [0.4, 0.5) is 0 Å². The molecule has 0 aromatic heterocycles. The van der Waals surface area contributed by atoms with Gasteiger partial charge in [0.1, 0.15) is 0 Å². The third-order valence-electron chi connectivity index (χ3n) is 4.96. The second kappa shape index (κ2) is 1.75. The summed E-state index contributed by atoms with van der Waals surface area (Å²) < 4.78 is 5.90. The number of epoxide rings is 1. The maximum absolute atomic E-state index is 5.90. The van der Waals surface area contributed by atoms with Gasteiger partial charge in [0.15, 0.2) is 0 Å². The molecule has 1 aliphatic heterocycles. The van der Waals surface area contributed by atoms with E-state index >= 15 is 0 Å². The third-order valence-corrected chi connectivity index (χ3v) is 4.96. The molecule has 0 aromatic rings. The van der Waals surface area contributed by atoms with Gasteiger partial charge in [-0.1, -0.05) is 20.8 Å². The summed E-state index contributed by atoms with van der Waals surface area (Å²) in [7, 11) is 0. The van der Waals surface area contributed by atoms with Crippen molar-refractivity contribution >= 4 is 0 Å². The minimum Gasteiger partial charge on any atom is -0.366 e. The van der Waals surface area contributed by atoms with Gasteiger partial charge < -0.3 is 4.74 Å². The molecule has 0 N–H and O–H groups in total. The molecule has 68 valence electrons. The van der Waals surface area contributed by atoms with Crippen LogP contribution in [0.5, 0.6) is 0 Å². The molecule has 3 aliphatic carbocycles. The second-order valence-corrected chi connectivity index (χ2v) is 5.46. The van der Waals surface area contributed by atoms with Crippen LogP contribution in [0.1, 0.15) is 40.0 Å². The average Bonchev–Trinajstić information content (AvgIpc) is 2.77. The first-order valence-corrected chi connectivity index (χ1v) is 5.29. The van der Waals surface area contributed by atoms with Crippen molar-refractivity contribution in [2.45, 2.75) is 51.7 Å². The van der Waals surface area contributed by atoms with Gasteiger partial charge in [-0.05, 0) is 36.5 Å². The molecule has 0 unspecified atom stereocenters. The first kappa shape index (κ1) is 7.37. The zero-order valence-electron chi connectivity index (χ0n) is 8.26. The molecule has 0 amide bonds. The van der Waals surface area contributed by atoms with Crippen molar-refractivity contribution in [2.24, 2.45) is 17.3 Å². The lowest BCUT2D eigenvalue weighted by atomic mass is 9.45. The van der Waals surface area contributed by atoms with Crippen molar-refractivity contribution in [3.8, 4) is 0 Å². The second-order valence-electron chi connectivity index (χ2n) is 5.46. The van der Waals surface area contributed by atoms with Gasteiger partial charge in [0, 0.05) is 0 Å². The Labute approximate surface area is 74.5 Å². The Morgan fingerprint density at radius 3 is 2.58 bits per heavy atom. The standard InChI is InChI=1S/C11H18O/c1-4-11-8-5-7(10(8,2)3)6-9(11)12-11/h7-9H,4-6H2,1-3H3/t7-,8-,9+,11-/m1/s1. The van der Waals surface area contributed by atoms with Gasteiger partial charge >= 0.3 is 0 Å². The lowest BCUT2D eigenvalue weighted by Crippen LogP contribution is -2.56. The molecule has 2 bridgehead atoms. The fourth-order valence-electron chi connectivity index (χ4n) is 3.85. The van der Waals surface area contributed by atoms with Gasteiger partial charge in [-0.3, -0.25) is 0 Å². The van der Waals surface area contributed by atoms with Crippen molar-refractivity contribution in [2.75, 3.05) is 0 Å². The molecule has 4 atom stereocenters. The fraction of sp³-hybridized carbons (Fsp3) is 1.00. The van der Waals surface area contributed by atoms with Crippen LogP contribution < -0.4 is 0 Å². The maximum atomic E-state index is 5.90. The summed E-state index contributed by atoms with van der Waals surface area (Å²) in [5.41, 5.74) is 0.932. The van der Waals surface area contributed by atoms with E-state index in [1.165, 1.54) is 19.3 Å². The van der Waals surface area contributed by atoms with Crippen molar-refractivity contribution < 1.29 is 4.74 Å². The summed E-state index contributed by atoms with van der Waals surface area (Å²) in [6.07, 6.45) is 4.67. The van der Waals surface area contributed by atoms with Crippen LogP contribution in [0.15, 0.2) is 0 Å². The molecule has 1 heterocycles. The van der Waals surface area contributed by atoms with E-state index in [-0.39, 0.29) is 0 Å². The van der Waals surface area contributed by atoms with Crippen molar-refractivity contribution in [3.05, 3.63) is 0 Å². The van der Waals surface area contributed by atoms with Crippen molar-refractivity contribution in [1.29, 1.82) is 0 Å². The zero-order chi connectivity index (χ0) is 8.56. The molecule has 4 fully saturated rings. The average molecular weight is 166 g/mol. The summed E-state index contributed by atoms with van der Waals surface area (Å²) in [6.45, 7) is 7.15. The Hall–Kier alpha value is -0.0400. The summed E-state index contributed by atoms with van der Waals surface area (Å²) in [4.78, 5) is 0. The summed E-state index contributed by atoms with van der Waals surface area (Å²) in [6, 6.07) is 0. The number of hydrogen-bond acceptors (Lipinski definition) is 1. The number of hydrogen-bond donors (Lipinski definition) is 0. The molecule has 12 heavy (non-hydrogen) atoms. The largest absolute Gasteiger partial charge is 0.366 e. The Morgan fingerprint density at radius 2 is 2.08 bits per heavy atom. The lowest BCUT2D eigenvalue weighted by molar-refractivity contribution is -0.0852. The SMILES string of the molecule is CC[C@]12O[C@H]1C[C@H]1C[C@@H]2C1(C)C.